The molecule has 0 heterocycles. The maximum Gasteiger partial charge on any atom is 0.412 e. The largest absolute Gasteiger partial charge is 0.496 e. The number of ether oxygens (including phenoxy) is 2. The average Bonchev–Trinajstić information content (AvgIpc) is 2.36. The molecule has 0 aromatic heterocycles. The molecular weight excluding hydrogens is 270 g/mol. The van der Waals surface area contributed by atoms with Gasteiger partial charge >= 0.3 is 6.09 Å². The number of carbonyl (C=O) groups excluding carboxylic acids is 2. The number of aldehydes is 1. The van der Waals surface area contributed by atoms with Gasteiger partial charge in [0.2, 0.25) is 0 Å². The van der Waals surface area contributed by atoms with Crippen LogP contribution in [0.5, 0.6) is 5.75 Å². The van der Waals surface area contributed by atoms with Crippen molar-refractivity contribution in [2.75, 3.05) is 12.4 Å². The van der Waals surface area contributed by atoms with E-state index in [9.17, 15) is 9.59 Å². The lowest BCUT2D eigenvalue weighted by Gasteiger charge is -2.23. The molecule has 1 amide bonds. The van der Waals surface area contributed by atoms with Gasteiger partial charge in [-0.25, -0.2) is 4.79 Å². The number of anilines is 1. The molecule has 0 aliphatic heterocycles. The first-order valence-electron chi connectivity index (χ1n) is 6.74. The highest BCUT2D eigenvalue weighted by Gasteiger charge is 2.25. The zero-order valence-corrected chi connectivity index (χ0v) is 13.4. The Balaban J connectivity index is 3.04. The van der Waals surface area contributed by atoms with Crippen LogP contribution < -0.4 is 10.1 Å². The molecule has 1 aromatic rings. The van der Waals surface area contributed by atoms with Gasteiger partial charge in [0.1, 0.15) is 17.6 Å². The van der Waals surface area contributed by atoms with Gasteiger partial charge in [0.15, 0.2) is 0 Å². The van der Waals surface area contributed by atoms with E-state index in [4.69, 9.17) is 9.47 Å². The molecule has 0 unspecified atom stereocenters. The van der Waals surface area contributed by atoms with Crippen LogP contribution in [0.3, 0.4) is 0 Å². The molecule has 1 rings (SSSR count). The Morgan fingerprint density at radius 1 is 1.19 bits per heavy atom. The van der Waals surface area contributed by atoms with Crippen molar-refractivity contribution in [3.63, 3.8) is 0 Å². The third-order valence-corrected chi connectivity index (χ3v) is 2.83. The fourth-order valence-corrected chi connectivity index (χ4v) is 1.77. The summed E-state index contributed by atoms with van der Waals surface area (Å²) in [7, 11) is 1.54. The Labute approximate surface area is 125 Å². The summed E-state index contributed by atoms with van der Waals surface area (Å²) in [5.74, 6) is 0.599. The Hall–Kier alpha value is -2.04. The fourth-order valence-electron chi connectivity index (χ4n) is 1.77. The Kier molecular flexibility index (Phi) is 4.99. The Morgan fingerprint density at radius 2 is 1.81 bits per heavy atom. The van der Waals surface area contributed by atoms with Crippen LogP contribution in [-0.4, -0.2) is 25.1 Å². The van der Waals surface area contributed by atoms with Gasteiger partial charge in [0.25, 0.3) is 0 Å². The smallest absolute Gasteiger partial charge is 0.412 e. The van der Waals surface area contributed by atoms with E-state index in [2.05, 4.69) is 5.32 Å². The van der Waals surface area contributed by atoms with Gasteiger partial charge in [-0.05, 0) is 52.8 Å². The minimum absolute atomic E-state index is 0.539. The number of benzene rings is 1. The van der Waals surface area contributed by atoms with Crippen molar-refractivity contribution in [2.45, 2.75) is 45.6 Å². The monoisotopic (exact) mass is 293 g/mol. The number of amides is 1. The number of carbonyl (C=O) groups is 2. The number of methoxy groups -OCH3 is 1. The van der Waals surface area contributed by atoms with E-state index in [1.165, 1.54) is 0 Å². The summed E-state index contributed by atoms with van der Waals surface area (Å²) in [4.78, 5) is 23.0. The number of hydrogen-bond donors (Lipinski definition) is 1. The van der Waals surface area contributed by atoms with Gasteiger partial charge in [-0.3, -0.25) is 5.32 Å². The zero-order chi connectivity index (χ0) is 16.3. The van der Waals surface area contributed by atoms with E-state index in [0.29, 0.717) is 17.0 Å². The minimum Gasteiger partial charge on any atom is -0.496 e. The first kappa shape index (κ1) is 17.0. The molecule has 0 fully saturated rings. The van der Waals surface area contributed by atoms with E-state index in [0.717, 1.165) is 6.29 Å². The number of hydrogen-bond acceptors (Lipinski definition) is 4. The zero-order valence-electron chi connectivity index (χ0n) is 13.4. The van der Waals surface area contributed by atoms with Gasteiger partial charge in [-0.1, -0.05) is 0 Å². The topological polar surface area (TPSA) is 64.6 Å². The molecule has 116 valence electrons. The molecule has 0 atom stereocenters. The highest BCUT2D eigenvalue weighted by molar-refractivity contribution is 5.85. The molecule has 0 spiro atoms. The van der Waals surface area contributed by atoms with Crippen LogP contribution in [0.1, 0.15) is 40.2 Å². The average molecular weight is 293 g/mol. The van der Waals surface area contributed by atoms with Crippen LogP contribution in [0, 0.1) is 0 Å². The van der Waals surface area contributed by atoms with E-state index in [1.807, 2.05) is 0 Å². The molecule has 0 aliphatic rings. The summed E-state index contributed by atoms with van der Waals surface area (Å²) in [5, 5.41) is 2.65. The molecular formula is C16H23NO4. The highest BCUT2D eigenvalue weighted by atomic mass is 16.6. The normalized spacial score (nSPS) is 11.7. The number of nitrogens with one attached hydrogen (secondary N) is 1. The van der Waals surface area contributed by atoms with Crippen molar-refractivity contribution in [1.29, 1.82) is 0 Å². The molecule has 5 heteroatoms. The second-order valence-corrected chi connectivity index (χ2v) is 6.38. The van der Waals surface area contributed by atoms with E-state index >= 15 is 0 Å². The van der Waals surface area contributed by atoms with Gasteiger partial charge in [0.05, 0.1) is 7.11 Å². The van der Waals surface area contributed by atoms with E-state index in [1.54, 1.807) is 59.9 Å². The second-order valence-electron chi connectivity index (χ2n) is 6.38. The quantitative estimate of drug-likeness (QED) is 0.863. The first-order chi connectivity index (χ1) is 9.59. The van der Waals surface area contributed by atoms with Crippen LogP contribution in [0.25, 0.3) is 0 Å². The molecule has 0 saturated heterocycles. The Morgan fingerprint density at radius 3 is 2.29 bits per heavy atom. The van der Waals surface area contributed by atoms with Crippen LogP contribution in [0.4, 0.5) is 10.5 Å². The second kappa shape index (κ2) is 6.16. The van der Waals surface area contributed by atoms with Gasteiger partial charge in [0, 0.05) is 16.7 Å². The van der Waals surface area contributed by atoms with Crippen molar-refractivity contribution in [3.05, 3.63) is 23.8 Å². The van der Waals surface area contributed by atoms with Gasteiger partial charge in [-0.15, -0.1) is 0 Å². The summed E-state index contributed by atoms with van der Waals surface area (Å²) in [6.45, 7) is 8.95. The lowest BCUT2D eigenvalue weighted by Crippen LogP contribution is -2.27. The maximum atomic E-state index is 11.8. The molecule has 0 aliphatic carbocycles. The predicted octanol–water partition coefficient (Wildman–Crippen LogP) is 3.52. The third-order valence-electron chi connectivity index (χ3n) is 2.83. The summed E-state index contributed by atoms with van der Waals surface area (Å²) >= 11 is 0. The maximum absolute atomic E-state index is 11.8. The molecule has 1 N–H and O–H groups in total. The molecule has 5 nitrogen and oxygen atoms in total. The van der Waals surface area contributed by atoms with Crippen molar-refractivity contribution in [1.82, 2.24) is 0 Å². The summed E-state index contributed by atoms with van der Waals surface area (Å²) in [6, 6.07) is 5.14. The first-order valence-corrected chi connectivity index (χ1v) is 6.74. The molecule has 21 heavy (non-hydrogen) atoms. The van der Waals surface area contributed by atoms with Gasteiger partial charge < -0.3 is 14.3 Å². The predicted molar refractivity (Wildman–Crippen MR) is 81.9 cm³/mol. The van der Waals surface area contributed by atoms with Crippen molar-refractivity contribution < 1.29 is 19.1 Å². The van der Waals surface area contributed by atoms with Crippen molar-refractivity contribution in [3.8, 4) is 5.75 Å². The molecule has 0 bridgehead atoms. The number of rotatable bonds is 4. The lowest BCUT2D eigenvalue weighted by molar-refractivity contribution is -0.111. The van der Waals surface area contributed by atoms with Crippen molar-refractivity contribution >= 4 is 18.1 Å². The van der Waals surface area contributed by atoms with Crippen LogP contribution >= 0.6 is 0 Å². The fraction of sp³-hybridized carbons (Fsp3) is 0.500. The van der Waals surface area contributed by atoms with Crippen LogP contribution in [0.15, 0.2) is 18.2 Å². The molecule has 1 aromatic carbocycles. The van der Waals surface area contributed by atoms with E-state index in [-0.39, 0.29) is 0 Å². The summed E-state index contributed by atoms with van der Waals surface area (Å²) in [5.41, 5.74) is -0.0261. The summed E-state index contributed by atoms with van der Waals surface area (Å²) in [6.07, 6.45) is 0.310. The van der Waals surface area contributed by atoms with Crippen LogP contribution in [0.2, 0.25) is 0 Å². The molecule has 0 radical (unpaired) electrons. The minimum atomic E-state index is -0.711. The van der Waals surface area contributed by atoms with Crippen molar-refractivity contribution in [2.24, 2.45) is 0 Å². The van der Waals surface area contributed by atoms with E-state index < -0.39 is 17.1 Å². The lowest BCUT2D eigenvalue weighted by atomic mass is 9.85. The third kappa shape index (κ3) is 4.77. The summed E-state index contributed by atoms with van der Waals surface area (Å²) < 4.78 is 10.5. The molecule has 0 saturated carbocycles. The van der Waals surface area contributed by atoms with Gasteiger partial charge in [-0.2, -0.15) is 0 Å². The highest BCUT2D eigenvalue weighted by Crippen LogP contribution is 2.32. The standard InChI is InChI=1S/C16H23NO4/c1-15(2,3)21-14(19)17-11-7-8-13(20-6)12(9-11)16(4,5)10-18/h7-10H,1-6H3,(H,17,19). The Bertz CT molecular complexity index is 530. The van der Waals surface area contributed by atoms with Crippen LogP contribution in [-0.2, 0) is 14.9 Å². The SMILES string of the molecule is COc1ccc(NC(=O)OC(C)(C)C)cc1C(C)(C)C=O.